The van der Waals surface area contributed by atoms with Crippen molar-refractivity contribution in [3.05, 3.63) is 91.8 Å². The number of aliphatic hydroxyl groups is 1. The maximum Gasteiger partial charge on any atom is 0.421 e. The number of ether oxygens (including phenoxy) is 1. The van der Waals surface area contributed by atoms with Crippen LogP contribution in [0.15, 0.2) is 59.6 Å². The van der Waals surface area contributed by atoms with Crippen LogP contribution >= 0.6 is 22.7 Å². The highest BCUT2D eigenvalue weighted by Gasteiger charge is 2.20. The number of hydrazine groups is 1. The number of nitrogens with zero attached hydrogens (tertiary/aromatic N) is 6. The van der Waals surface area contributed by atoms with Crippen LogP contribution in [0.5, 0.6) is 0 Å². The molecular weight excluding hydrogens is 773 g/mol. The van der Waals surface area contributed by atoms with Gasteiger partial charge in [0.05, 0.1) is 30.4 Å². The Morgan fingerprint density at radius 3 is 1.52 bits per heavy atom. The summed E-state index contributed by atoms with van der Waals surface area (Å²) in [6, 6.07) is 13.0. The van der Waals surface area contributed by atoms with Crippen molar-refractivity contribution in [3.63, 3.8) is 0 Å². The SMILES string of the molecule is C.C.CC(=O)N1CCN(c2ccc(CCc3csc(CCCO)c3)nc2)CC1.CC(=O)N1CCN(c2ccc(CCc3csc(CCCOC(=O)NN)c3)nc2)CC1. The van der Waals surface area contributed by atoms with Gasteiger partial charge in [0.25, 0.3) is 0 Å². The van der Waals surface area contributed by atoms with E-state index in [0.717, 1.165) is 126 Å². The molecule has 13 nitrogen and oxygen atoms in total. The van der Waals surface area contributed by atoms with E-state index in [1.165, 1.54) is 20.9 Å². The number of aromatic nitrogens is 2. The number of aryl methyl sites for hydroxylation is 6. The average molecular weight is 837 g/mol. The summed E-state index contributed by atoms with van der Waals surface area (Å²) in [6.45, 7) is 10.4. The zero-order valence-electron chi connectivity index (χ0n) is 32.7. The molecule has 58 heavy (non-hydrogen) atoms. The Balaban J connectivity index is 0.000000303. The zero-order chi connectivity index (χ0) is 39.7. The molecule has 4 aromatic heterocycles. The van der Waals surface area contributed by atoms with E-state index in [0.29, 0.717) is 6.61 Å². The molecule has 0 radical (unpaired) electrons. The van der Waals surface area contributed by atoms with Crippen LogP contribution in [0.2, 0.25) is 0 Å². The van der Waals surface area contributed by atoms with E-state index in [-0.39, 0.29) is 33.3 Å². The van der Waals surface area contributed by atoms with Gasteiger partial charge in [-0.05, 0) is 110 Å². The van der Waals surface area contributed by atoms with Gasteiger partial charge in [0.15, 0.2) is 0 Å². The second-order valence-corrected chi connectivity index (χ2v) is 16.0. The third-order valence-electron chi connectivity index (χ3n) is 10.1. The largest absolute Gasteiger partial charge is 0.449 e. The standard InChI is InChI=1S/C21H29N5O3S.C20H27N3O2S.2CH4/c1-16(27)25-8-10-26(11-9-25)19-7-6-18(23-14-19)5-4-17-13-20(30-15-17)3-2-12-29-21(28)24-22;1-16(25)22-8-10-23(11-9-22)19-7-6-18(21-14-19)5-4-17-13-20(26-15-17)3-2-12-24;;/h6-7,13-15H,2-5,8-12,22H2,1H3,(H,24,28);6-7,13-15,24H,2-5,8-12H2,1H3;2*1H4. The fourth-order valence-corrected chi connectivity index (χ4v) is 8.63. The molecule has 4 N–H and O–H groups in total. The topological polar surface area (TPSA) is 157 Å². The van der Waals surface area contributed by atoms with Crippen molar-refractivity contribution >= 4 is 52.0 Å². The van der Waals surface area contributed by atoms with Crippen molar-refractivity contribution < 1.29 is 24.2 Å². The van der Waals surface area contributed by atoms with Gasteiger partial charge in [-0.1, -0.05) is 14.9 Å². The Kier molecular flexibility index (Phi) is 20.6. The lowest BCUT2D eigenvalue weighted by Crippen LogP contribution is -2.48. The number of nitrogens with one attached hydrogen (secondary N) is 1. The highest BCUT2D eigenvalue weighted by Crippen LogP contribution is 2.22. The number of hydrogen-bond acceptors (Lipinski definition) is 12. The van der Waals surface area contributed by atoms with Crippen LogP contribution in [0.1, 0.15) is 73.8 Å². The number of piperazine rings is 2. The van der Waals surface area contributed by atoms with Crippen molar-refractivity contribution in [3.8, 4) is 0 Å². The van der Waals surface area contributed by atoms with Gasteiger partial charge < -0.3 is 29.4 Å². The lowest BCUT2D eigenvalue weighted by molar-refractivity contribution is -0.129. The number of amides is 3. The van der Waals surface area contributed by atoms with Crippen LogP contribution in [-0.4, -0.2) is 108 Å². The highest BCUT2D eigenvalue weighted by atomic mass is 32.1. The van der Waals surface area contributed by atoms with Crippen LogP contribution < -0.4 is 21.1 Å². The zero-order valence-corrected chi connectivity index (χ0v) is 34.3. The van der Waals surface area contributed by atoms with E-state index < -0.39 is 6.09 Å². The number of rotatable bonds is 15. The molecule has 0 spiro atoms. The second-order valence-electron chi connectivity index (χ2n) is 14.1. The number of carbonyl (C=O) groups excluding carboxylic acids is 3. The van der Waals surface area contributed by atoms with Gasteiger partial charge >= 0.3 is 6.09 Å². The molecule has 0 aromatic carbocycles. The van der Waals surface area contributed by atoms with Crippen LogP contribution in [0, 0.1) is 0 Å². The molecule has 318 valence electrons. The molecule has 2 saturated heterocycles. The Labute approximate surface area is 353 Å². The van der Waals surface area contributed by atoms with E-state index in [1.54, 1.807) is 36.5 Å². The van der Waals surface area contributed by atoms with Gasteiger partial charge in [-0.25, -0.2) is 10.6 Å². The minimum Gasteiger partial charge on any atom is -0.449 e. The van der Waals surface area contributed by atoms with Crippen molar-refractivity contribution in [2.45, 2.75) is 80.1 Å². The smallest absolute Gasteiger partial charge is 0.421 e. The van der Waals surface area contributed by atoms with E-state index in [1.807, 2.05) is 27.6 Å². The van der Waals surface area contributed by atoms with Gasteiger partial charge in [-0.2, -0.15) is 0 Å². The third-order valence-corrected chi connectivity index (χ3v) is 12.1. The van der Waals surface area contributed by atoms with Crippen molar-refractivity contribution in [2.24, 2.45) is 5.84 Å². The number of thiophene rings is 2. The first-order chi connectivity index (χ1) is 27.2. The molecule has 15 heteroatoms. The molecular formula is C43H64N8O5S2. The molecule has 6 rings (SSSR count). The Bertz CT molecular complexity index is 1800. The van der Waals surface area contributed by atoms with Gasteiger partial charge in [0.1, 0.15) is 0 Å². The molecule has 4 aromatic rings. The third kappa shape index (κ3) is 15.3. The molecule has 3 amide bonds. The van der Waals surface area contributed by atoms with E-state index in [4.69, 9.17) is 15.7 Å². The summed E-state index contributed by atoms with van der Waals surface area (Å²) in [5, 5.41) is 13.3. The summed E-state index contributed by atoms with van der Waals surface area (Å²) in [4.78, 5) is 54.0. The van der Waals surface area contributed by atoms with Crippen LogP contribution in [-0.2, 0) is 52.9 Å². The summed E-state index contributed by atoms with van der Waals surface area (Å²) in [5.41, 5.74) is 9.05. The second kappa shape index (κ2) is 25.0. The molecule has 2 aliphatic rings. The first-order valence-electron chi connectivity index (χ1n) is 19.5. The quantitative estimate of drug-likeness (QED) is 0.0569. The summed E-state index contributed by atoms with van der Waals surface area (Å²) in [6.07, 6.45) is 10.5. The first kappa shape index (κ1) is 47.8. The van der Waals surface area contributed by atoms with Crippen molar-refractivity contribution in [1.29, 1.82) is 0 Å². The maximum absolute atomic E-state index is 11.5. The molecule has 0 unspecified atom stereocenters. The monoisotopic (exact) mass is 836 g/mol. The molecule has 0 atom stereocenters. The van der Waals surface area contributed by atoms with Crippen molar-refractivity contribution in [1.82, 2.24) is 25.2 Å². The lowest BCUT2D eigenvalue weighted by atomic mass is 10.1. The predicted molar refractivity (Wildman–Crippen MR) is 237 cm³/mol. The number of nitrogens with two attached hydrogens (primary N) is 1. The highest BCUT2D eigenvalue weighted by molar-refractivity contribution is 7.10. The number of anilines is 2. The van der Waals surface area contributed by atoms with Gasteiger partial charge in [0, 0.05) is 94.0 Å². The normalized spacial score (nSPS) is 13.8. The van der Waals surface area contributed by atoms with Crippen LogP contribution in [0.3, 0.4) is 0 Å². The van der Waals surface area contributed by atoms with Crippen molar-refractivity contribution in [2.75, 3.05) is 75.4 Å². The summed E-state index contributed by atoms with van der Waals surface area (Å²) in [7, 11) is 0. The minimum absolute atomic E-state index is 0. The molecule has 0 bridgehead atoms. The fraction of sp³-hybridized carbons (Fsp3) is 0.512. The fourth-order valence-electron chi connectivity index (χ4n) is 6.69. The molecule has 2 fully saturated rings. The first-order valence-corrected chi connectivity index (χ1v) is 21.2. The van der Waals surface area contributed by atoms with E-state index in [2.05, 4.69) is 66.9 Å². The Morgan fingerprint density at radius 1 is 0.690 bits per heavy atom. The van der Waals surface area contributed by atoms with Gasteiger partial charge in [-0.15, -0.1) is 22.7 Å². The van der Waals surface area contributed by atoms with Crippen LogP contribution in [0.25, 0.3) is 0 Å². The number of aliphatic hydroxyl groups excluding tert-OH is 1. The summed E-state index contributed by atoms with van der Waals surface area (Å²) in [5.74, 6) is 5.27. The summed E-state index contributed by atoms with van der Waals surface area (Å²) >= 11 is 3.52. The van der Waals surface area contributed by atoms with Crippen LogP contribution in [0.4, 0.5) is 16.2 Å². The van der Waals surface area contributed by atoms with Gasteiger partial charge in [0.2, 0.25) is 11.8 Å². The predicted octanol–water partition coefficient (Wildman–Crippen LogP) is 5.92. The molecule has 0 saturated carbocycles. The molecule has 2 aliphatic heterocycles. The summed E-state index contributed by atoms with van der Waals surface area (Å²) < 4.78 is 4.89. The minimum atomic E-state index is -0.598. The molecule has 6 heterocycles. The molecule has 0 aliphatic carbocycles. The van der Waals surface area contributed by atoms with E-state index >= 15 is 0 Å². The van der Waals surface area contributed by atoms with E-state index in [9.17, 15) is 14.4 Å². The average Bonchev–Trinajstić information content (AvgIpc) is 3.90. The number of hydrogen-bond donors (Lipinski definition) is 3. The number of pyridine rings is 2. The lowest BCUT2D eigenvalue weighted by Gasteiger charge is -2.35. The van der Waals surface area contributed by atoms with Gasteiger partial charge in [-0.3, -0.25) is 25.0 Å². The Morgan fingerprint density at radius 2 is 1.14 bits per heavy atom. The Hall–Kier alpha value is -4.57. The maximum atomic E-state index is 11.5. The number of carbonyl (C=O) groups is 3.